The highest BCUT2D eigenvalue weighted by molar-refractivity contribution is 5.85. The van der Waals surface area contributed by atoms with Crippen molar-refractivity contribution >= 4 is 12.4 Å². The molecule has 0 bridgehead atoms. The normalized spacial score (nSPS) is 18.8. The monoisotopic (exact) mass is 271 g/mol. The molecule has 0 saturated carbocycles. The first-order valence-electron chi connectivity index (χ1n) is 6.39. The summed E-state index contributed by atoms with van der Waals surface area (Å²) in [6, 6.07) is 8.39. The molecule has 1 unspecified atom stereocenters. The molecule has 3 nitrogen and oxygen atoms in total. The maximum absolute atomic E-state index is 5.71. The lowest BCUT2D eigenvalue weighted by Crippen LogP contribution is -2.35. The van der Waals surface area contributed by atoms with Gasteiger partial charge in [-0.05, 0) is 50.1 Å². The summed E-state index contributed by atoms with van der Waals surface area (Å²) in [6.07, 6.45) is 5.04. The number of hydrogen-bond donors (Lipinski definition) is 1. The summed E-state index contributed by atoms with van der Waals surface area (Å²) in [4.78, 5) is 0. The smallest absolute Gasteiger partial charge is 0.119 e. The molecule has 0 aromatic heterocycles. The Kier molecular flexibility index (Phi) is 6.91. The van der Waals surface area contributed by atoms with E-state index in [4.69, 9.17) is 9.47 Å². The Labute approximate surface area is 115 Å². The maximum atomic E-state index is 5.71. The number of ether oxygens (including phenoxy) is 2. The molecule has 18 heavy (non-hydrogen) atoms. The number of rotatable bonds is 5. The summed E-state index contributed by atoms with van der Waals surface area (Å²) in [5, 5.41) is 3.52. The fourth-order valence-electron chi connectivity index (χ4n) is 2.16. The first-order chi connectivity index (χ1) is 8.38. The van der Waals surface area contributed by atoms with Gasteiger partial charge in [-0.15, -0.1) is 12.4 Å². The molecule has 1 aromatic carbocycles. The van der Waals surface area contributed by atoms with Crippen molar-refractivity contribution in [1.29, 1.82) is 0 Å². The molecule has 1 aliphatic rings. The van der Waals surface area contributed by atoms with E-state index in [1.54, 1.807) is 7.11 Å². The zero-order valence-electron chi connectivity index (χ0n) is 10.9. The van der Waals surface area contributed by atoms with Crippen molar-refractivity contribution in [2.45, 2.75) is 31.7 Å². The van der Waals surface area contributed by atoms with Crippen LogP contribution in [0.3, 0.4) is 0 Å². The van der Waals surface area contributed by atoms with Gasteiger partial charge in [-0.3, -0.25) is 0 Å². The highest BCUT2D eigenvalue weighted by Crippen LogP contribution is 2.17. The minimum atomic E-state index is 0. The van der Waals surface area contributed by atoms with Gasteiger partial charge in [0.25, 0.3) is 0 Å². The van der Waals surface area contributed by atoms with Crippen LogP contribution in [0.1, 0.15) is 25.7 Å². The predicted octanol–water partition coefficient (Wildman–Crippen LogP) is 3.03. The van der Waals surface area contributed by atoms with Gasteiger partial charge in [0, 0.05) is 6.04 Å². The van der Waals surface area contributed by atoms with E-state index in [2.05, 4.69) is 5.32 Å². The van der Waals surface area contributed by atoms with Crippen LogP contribution in [0.2, 0.25) is 0 Å². The van der Waals surface area contributed by atoms with Crippen LogP contribution in [-0.4, -0.2) is 26.3 Å². The Hall–Kier alpha value is -0.930. The molecule has 1 fully saturated rings. The largest absolute Gasteiger partial charge is 0.497 e. The van der Waals surface area contributed by atoms with Crippen molar-refractivity contribution in [3.8, 4) is 11.5 Å². The van der Waals surface area contributed by atoms with Crippen LogP contribution in [0.4, 0.5) is 0 Å². The first kappa shape index (κ1) is 15.1. The minimum absolute atomic E-state index is 0. The number of methoxy groups -OCH3 is 1. The second-order valence-electron chi connectivity index (χ2n) is 4.46. The van der Waals surface area contributed by atoms with Crippen molar-refractivity contribution in [1.82, 2.24) is 5.32 Å². The average molecular weight is 272 g/mol. The predicted molar refractivity (Wildman–Crippen MR) is 76.0 cm³/mol. The highest BCUT2D eigenvalue weighted by atomic mass is 35.5. The third-order valence-corrected chi connectivity index (χ3v) is 3.21. The van der Waals surface area contributed by atoms with Crippen molar-refractivity contribution in [3.63, 3.8) is 0 Å². The summed E-state index contributed by atoms with van der Waals surface area (Å²) in [5.74, 6) is 1.79. The first-order valence-corrected chi connectivity index (χ1v) is 6.39. The van der Waals surface area contributed by atoms with E-state index in [-0.39, 0.29) is 12.4 Å². The SMILES string of the molecule is COc1ccc(OCCC2CCCCN2)cc1.Cl. The molecule has 1 atom stereocenters. The van der Waals surface area contributed by atoms with E-state index >= 15 is 0 Å². The van der Waals surface area contributed by atoms with Crippen LogP contribution >= 0.6 is 12.4 Å². The highest BCUT2D eigenvalue weighted by Gasteiger charge is 2.11. The Balaban J connectivity index is 0.00000162. The molecule has 1 N–H and O–H groups in total. The van der Waals surface area contributed by atoms with E-state index in [0.717, 1.165) is 31.1 Å². The van der Waals surface area contributed by atoms with Crippen LogP contribution in [-0.2, 0) is 0 Å². The van der Waals surface area contributed by atoms with Gasteiger partial charge in [-0.1, -0.05) is 6.42 Å². The van der Waals surface area contributed by atoms with Gasteiger partial charge < -0.3 is 14.8 Å². The van der Waals surface area contributed by atoms with E-state index in [1.165, 1.54) is 19.3 Å². The lowest BCUT2D eigenvalue weighted by Gasteiger charge is -2.23. The quantitative estimate of drug-likeness (QED) is 0.893. The molecular formula is C14H22ClNO2. The number of hydrogen-bond acceptors (Lipinski definition) is 3. The van der Waals surface area contributed by atoms with E-state index < -0.39 is 0 Å². The second-order valence-corrected chi connectivity index (χ2v) is 4.46. The summed E-state index contributed by atoms with van der Waals surface area (Å²) < 4.78 is 10.8. The molecule has 0 radical (unpaired) electrons. The topological polar surface area (TPSA) is 30.5 Å². The number of nitrogens with one attached hydrogen (secondary N) is 1. The Morgan fingerprint density at radius 2 is 1.89 bits per heavy atom. The van der Waals surface area contributed by atoms with Crippen LogP contribution in [0, 0.1) is 0 Å². The minimum Gasteiger partial charge on any atom is -0.497 e. The Morgan fingerprint density at radius 1 is 1.17 bits per heavy atom. The molecule has 1 saturated heterocycles. The van der Waals surface area contributed by atoms with Gasteiger partial charge in [0.15, 0.2) is 0 Å². The van der Waals surface area contributed by atoms with Gasteiger partial charge in [0.2, 0.25) is 0 Å². The van der Waals surface area contributed by atoms with E-state index in [9.17, 15) is 0 Å². The molecule has 4 heteroatoms. The van der Waals surface area contributed by atoms with Crippen molar-refractivity contribution in [2.24, 2.45) is 0 Å². The molecule has 102 valence electrons. The summed E-state index contributed by atoms with van der Waals surface area (Å²) in [5.41, 5.74) is 0. The average Bonchev–Trinajstić information content (AvgIpc) is 2.41. The van der Waals surface area contributed by atoms with Crippen molar-refractivity contribution in [2.75, 3.05) is 20.3 Å². The van der Waals surface area contributed by atoms with Crippen LogP contribution in [0.25, 0.3) is 0 Å². The van der Waals surface area contributed by atoms with Crippen LogP contribution < -0.4 is 14.8 Å². The summed E-state index contributed by atoms with van der Waals surface area (Å²) in [6.45, 7) is 1.94. The second kappa shape index (κ2) is 8.22. The van der Waals surface area contributed by atoms with E-state index in [1.807, 2.05) is 24.3 Å². The zero-order chi connectivity index (χ0) is 11.9. The molecule has 1 aromatic rings. The third-order valence-electron chi connectivity index (χ3n) is 3.21. The maximum Gasteiger partial charge on any atom is 0.119 e. The molecule has 0 aliphatic carbocycles. The van der Waals surface area contributed by atoms with Crippen molar-refractivity contribution in [3.05, 3.63) is 24.3 Å². The van der Waals surface area contributed by atoms with Gasteiger partial charge in [0.1, 0.15) is 11.5 Å². The molecule has 2 rings (SSSR count). The summed E-state index contributed by atoms with van der Waals surface area (Å²) in [7, 11) is 1.67. The standard InChI is InChI=1S/C14H21NO2.ClH/c1-16-13-5-7-14(8-6-13)17-11-9-12-4-2-3-10-15-12;/h5-8,12,15H,2-4,9-11H2,1H3;1H. The van der Waals surface area contributed by atoms with Crippen molar-refractivity contribution < 1.29 is 9.47 Å². The Bertz CT molecular complexity index is 323. The number of halogens is 1. The fourth-order valence-corrected chi connectivity index (χ4v) is 2.16. The lowest BCUT2D eigenvalue weighted by molar-refractivity contribution is 0.268. The molecule has 0 spiro atoms. The molecule has 1 heterocycles. The third kappa shape index (κ3) is 4.75. The molecular weight excluding hydrogens is 250 g/mol. The molecule has 1 aliphatic heterocycles. The van der Waals surface area contributed by atoms with Gasteiger partial charge in [0.05, 0.1) is 13.7 Å². The Morgan fingerprint density at radius 3 is 2.50 bits per heavy atom. The summed E-state index contributed by atoms with van der Waals surface area (Å²) >= 11 is 0. The van der Waals surface area contributed by atoms with Crippen LogP contribution in [0.15, 0.2) is 24.3 Å². The van der Waals surface area contributed by atoms with Gasteiger partial charge in [-0.2, -0.15) is 0 Å². The lowest BCUT2D eigenvalue weighted by atomic mass is 10.0. The fraction of sp³-hybridized carbons (Fsp3) is 0.571. The van der Waals surface area contributed by atoms with E-state index in [0.29, 0.717) is 6.04 Å². The molecule has 0 amide bonds. The van der Waals surface area contributed by atoms with Gasteiger partial charge in [-0.25, -0.2) is 0 Å². The van der Waals surface area contributed by atoms with Gasteiger partial charge >= 0.3 is 0 Å². The zero-order valence-corrected chi connectivity index (χ0v) is 11.7. The number of piperidine rings is 1. The van der Waals surface area contributed by atoms with Crippen LogP contribution in [0.5, 0.6) is 11.5 Å². The number of benzene rings is 1.